The Labute approximate surface area is 118 Å². The fourth-order valence-corrected chi connectivity index (χ4v) is 2.55. The van der Waals surface area contributed by atoms with E-state index in [-0.39, 0.29) is 11.9 Å². The van der Waals surface area contributed by atoms with E-state index < -0.39 is 5.54 Å². The average Bonchev–Trinajstić information content (AvgIpc) is 2.73. The molecule has 7 heteroatoms. The standard InChI is InChI=1S/C13H22N4O3/c1-3-6-14-12(19)17-7-4-13(5-8-17)11(18)15-10(16-13)9-20-2/h3-9H2,1-2H3,(H,14,19)(H,15,16,18). The van der Waals surface area contributed by atoms with Crippen molar-refractivity contribution in [3.05, 3.63) is 0 Å². The number of aliphatic imine (C=N–C) groups is 1. The normalized spacial score (nSPS) is 20.8. The van der Waals surface area contributed by atoms with E-state index in [2.05, 4.69) is 15.6 Å². The largest absolute Gasteiger partial charge is 0.377 e. The van der Waals surface area contributed by atoms with Gasteiger partial charge in [-0.2, -0.15) is 0 Å². The van der Waals surface area contributed by atoms with Gasteiger partial charge in [0.1, 0.15) is 18.0 Å². The van der Waals surface area contributed by atoms with E-state index in [1.807, 2.05) is 6.92 Å². The molecule has 20 heavy (non-hydrogen) atoms. The average molecular weight is 282 g/mol. The third-order valence-electron chi connectivity index (χ3n) is 3.71. The van der Waals surface area contributed by atoms with Gasteiger partial charge in [-0.15, -0.1) is 0 Å². The number of amides is 3. The molecule has 0 aromatic heterocycles. The second-order valence-corrected chi connectivity index (χ2v) is 5.20. The Balaban J connectivity index is 1.93. The SMILES string of the molecule is CCCNC(=O)N1CCC2(CC1)N=C(COC)NC2=O. The second-order valence-electron chi connectivity index (χ2n) is 5.20. The van der Waals surface area contributed by atoms with Gasteiger partial charge in [-0.1, -0.05) is 6.92 Å². The molecule has 112 valence electrons. The summed E-state index contributed by atoms with van der Waals surface area (Å²) in [4.78, 5) is 30.2. The fraction of sp³-hybridized carbons (Fsp3) is 0.769. The lowest BCUT2D eigenvalue weighted by Gasteiger charge is -2.35. The first-order chi connectivity index (χ1) is 9.61. The smallest absolute Gasteiger partial charge is 0.317 e. The number of carbonyl (C=O) groups excluding carboxylic acids is 2. The number of amidine groups is 1. The highest BCUT2D eigenvalue weighted by atomic mass is 16.5. The van der Waals surface area contributed by atoms with E-state index in [0.29, 0.717) is 44.9 Å². The van der Waals surface area contributed by atoms with Gasteiger partial charge in [0.25, 0.3) is 5.91 Å². The van der Waals surface area contributed by atoms with E-state index in [0.717, 1.165) is 6.42 Å². The number of hydrogen-bond acceptors (Lipinski definition) is 4. The Kier molecular flexibility index (Phi) is 4.59. The van der Waals surface area contributed by atoms with Crippen LogP contribution in [0.25, 0.3) is 0 Å². The van der Waals surface area contributed by atoms with E-state index >= 15 is 0 Å². The molecule has 2 aliphatic heterocycles. The summed E-state index contributed by atoms with van der Waals surface area (Å²) in [5, 5.41) is 5.61. The number of ether oxygens (including phenoxy) is 1. The van der Waals surface area contributed by atoms with Gasteiger partial charge in [-0.3, -0.25) is 9.79 Å². The maximum atomic E-state index is 12.1. The lowest BCUT2D eigenvalue weighted by Crippen LogP contribution is -2.52. The number of nitrogens with zero attached hydrogens (tertiary/aromatic N) is 2. The van der Waals surface area contributed by atoms with E-state index in [1.165, 1.54) is 0 Å². The minimum Gasteiger partial charge on any atom is -0.377 e. The molecule has 0 aromatic carbocycles. The summed E-state index contributed by atoms with van der Waals surface area (Å²) in [6.07, 6.45) is 2.04. The van der Waals surface area contributed by atoms with Gasteiger partial charge in [0.2, 0.25) is 0 Å². The van der Waals surface area contributed by atoms with Crippen molar-refractivity contribution in [3.63, 3.8) is 0 Å². The van der Waals surface area contributed by atoms with Gasteiger partial charge < -0.3 is 20.3 Å². The van der Waals surface area contributed by atoms with Crippen molar-refractivity contribution >= 4 is 17.8 Å². The maximum absolute atomic E-state index is 12.1. The predicted octanol–water partition coefficient (Wildman–Crippen LogP) is 0.115. The number of methoxy groups -OCH3 is 1. The summed E-state index contributed by atoms with van der Waals surface area (Å²) in [6.45, 7) is 4.10. The molecule has 1 fully saturated rings. The highest BCUT2D eigenvalue weighted by Gasteiger charge is 2.46. The zero-order chi connectivity index (χ0) is 14.6. The van der Waals surface area contributed by atoms with Crippen LogP contribution in [0.1, 0.15) is 26.2 Å². The van der Waals surface area contributed by atoms with Crippen molar-refractivity contribution in [1.82, 2.24) is 15.5 Å². The third kappa shape index (κ3) is 2.92. The molecule has 0 radical (unpaired) electrons. The van der Waals surface area contributed by atoms with Crippen LogP contribution in [0.5, 0.6) is 0 Å². The Morgan fingerprint density at radius 1 is 1.50 bits per heavy atom. The number of carbonyl (C=O) groups is 2. The Morgan fingerprint density at radius 3 is 2.80 bits per heavy atom. The van der Waals surface area contributed by atoms with E-state index in [1.54, 1.807) is 12.0 Å². The third-order valence-corrected chi connectivity index (χ3v) is 3.71. The molecule has 1 saturated heterocycles. The van der Waals surface area contributed by atoms with Crippen molar-refractivity contribution in [2.45, 2.75) is 31.7 Å². The van der Waals surface area contributed by atoms with Crippen LogP contribution in [0, 0.1) is 0 Å². The zero-order valence-corrected chi connectivity index (χ0v) is 12.1. The summed E-state index contributed by atoms with van der Waals surface area (Å²) in [7, 11) is 1.57. The Bertz CT molecular complexity index is 414. The molecular formula is C13H22N4O3. The number of urea groups is 1. The Morgan fingerprint density at radius 2 is 2.20 bits per heavy atom. The minimum atomic E-state index is -0.699. The summed E-state index contributed by atoms with van der Waals surface area (Å²) in [5.74, 6) is 0.513. The number of rotatable bonds is 4. The van der Waals surface area contributed by atoms with Crippen LogP contribution in [-0.4, -0.2) is 61.6 Å². The second kappa shape index (κ2) is 6.21. The lowest BCUT2D eigenvalue weighted by molar-refractivity contribution is -0.125. The first kappa shape index (κ1) is 14.8. The molecule has 7 nitrogen and oxygen atoms in total. The summed E-state index contributed by atoms with van der Waals surface area (Å²) < 4.78 is 4.99. The van der Waals surface area contributed by atoms with Crippen molar-refractivity contribution < 1.29 is 14.3 Å². The topological polar surface area (TPSA) is 83.0 Å². The molecule has 0 atom stereocenters. The number of likely N-dealkylation sites (tertiary alicyclic amines) is 1. The van der Waals surface area contributed by atoms with Crippen LogP contribution in [-0.2, 0) is 9.53 Å². The van der Waals surface area contributed by atoms with Crippen molar-refractivity contribution in [2.75, 3.05) is 33.4 Å². The fourth-order valence-electron chi connectivity index (χ4n) is 2.55. The van der Waals surface area contributed by atoms with Crippen LogP contribution in [0.15, 0.2) is 4.99 Å². The van der Waals surface area contributed by atoms with Gasteiger partial charge in [0.05, 0.1) is 0 Å². The highest BCUT2D eigenvalue weighted by molar-refractivity contribution is 6.08. The molecule has 0 aliphatic carbocycles. The summed E-state index contributed by atoms with van der Waals surface area (Å²) >= 11 is 0. The molecule has 2 heterocycles. The number of piperidine rings is 1. The molecule has 2 N–H and O–H groups in total. The summed E-state index contributed by atoms with van der Waals surface area (Å²) in [6, 6.07) is -0.0544. The van der Waals surface area contributed by atoms with Gasteiger partial charge in [-0.05, 0) is 19.3 Å². The van der Waals surface area contributed by atoms with Gasteiger partial charge in [-0.25, -0.2) is 4.79 Å². The van der Waals surface area contributed by atoms with Crippen molar-refractivity contribution in [3.8, 4) is 0 Å². The molecule has 0 unspecified atom stereocenters. The molecule has 0 bridgehead atoms. The lowest BCUT2D eigenvalue weighted by atomic mass is 9.88. The maximum Gasteiger partial charge on any atom is 0.317 e. The van der Waals surface area contributed by atoms with Crippen LogP contribution in [0.4, 0.5) is 4.79 Å². The van der Waals surface area contributed by atoms with Gasteiger partial charge in [0, 0.05) is 26.7 Å². The monoisotopic (exact) mass is 282 g/mol. The molecule has 2 rings (SSSR count). The number of nitrogens with one attached hydrogen (secondary N) is 2. The van der Waals surface area contributed by atoms with Crippen LogP contribution < -0.4 is 10.6 Å². The molecular weight excluding hydrogens is 260 g/mol. The highest BCUT2D eigenvalue weighted by Crippen LogP contribution is 2.29. The van der Waals surface area contributed by atoms with E-state index in [9.17, 15) is 9.59 Å². The summed E-state index contributed by atoms with van der Waals surface area (Å²) in [5.41, 5.74) is -0.699. The van der Waals surface area contributed by atoms with Gasteiger partial charge >= 0.3 is 6.03 Å². The van der Waals surface area contributed by atoms with Crippen LogP contribution >= 0.6 is 0 Å². The molecule has 1 spiro atoms. The molecule has 2 aliphatic rings. The Hall–Kier alpha value is -1.63. The van der Waals surface area contributed by atoms with Crippen LogP contribution in [0.2, 0.25) is 0 Å². The van der Waals surface area contributed by atoms with E-state index in [4.69, 9.17) is 4.74 Å². The van der Waals surface area contributed by atoms with Gasteiger partial charge in [0.15, 0.2) is 0 Å². The first-order valence-electron chi connectivity index (χ1n) is 7.03. The van der Waals surface area contributed by atoms with Crippen LogP contribution in [0.3, 0.4) is 0 Å². The number of hydrogen-bond donors (Lipinski definition) is 2. The first-order valence-corrected chi connectivity index (χ1v) is 7.03. The van der Waals surface area contributed by atoms with Crippen molar-refractivity contribution in [1.29, 1.82) is 0 Å². The van der Waals surface area contributed by atoms with Crippen molar-refractivity contribution in [2.24, 2.45) is 4.99 Å². The molecule has 0 saturated carbocycles. The molecule has 3 amide bonds. The quantitative estimate of drug-likeness (QED) is 0.768. The zero-order valence-electron chi connectivity index (χ0n) is 12.1. The predicted molar refractivity (Wildman–Crippen MR) is 74.7 cm³/mol. The molecule has 0 aromatic rings. The minimum absolute atomic E-state index is 0.0544.